The number of methoxy groups -OCH3 is 1. The maximum absolute atomic E-state index is 12.3. The summed E-state index contributed by atoms with van der Waals surface area (Å²) in [7, 11) is 1.63. The number of nitrogens with two attached hydrogens (primary N) is 1. The maximum atomic E-state index is 12.3. The normalized spacial score (nSPS) is 11.3. The van der Waals surface area contributed by atoms with E-state index < -0.39 is 0 Å². The monoisotopic (exact) mass is 351 g/mol. The number of carbonyl (C=O) groups is 1. The molecule has 0 radical (unpaired) electrons. The Morgan fingerprint density at radius 2 is 1.96 bits per heavy atom. The van der Waals surface area contributed by atoms with E-state index in [1.807, 2.05) is 45.0 Å². The first-order chi connectivity index (χ1) is 10.7. The Morgan fingerprint density at radius 3 is 2.48 bits per heavy atom. The molecular formula is C16H21N3O2S2. The van der Waals surface area contributed by atoms with Gasteiger partial charge in [0.1, 0.15) is 16.4 Å². The quantitative estimate of drug-likeness (QED) is 0.828. The average Bonchev–Trinajstić information content (AvgIpc) is 2.74. The number of carbonyl (C=O) groups excluding carboxylic acids is 1. The number of nitrogens with one attached hydrogen (secondary N) is 1. The van der Waals surface area contributed by atoms with E-state index in [2.05, 4.69) is 5.32 Å². The van der Waals surface area contributed by atoms with Crippen LogP contribution in [0.3, 0.4) is 0 Å². The van der Waals surface area contributed by atoms with Gasteiger partial charge in [-0.05, 0) is 50.7 Å². The summed E-state index contributed by atoms with van der Waals surface area (Å²) in [5, 5.41) is 2.91. The van der Waals surface area contributed by atoms with Crippen molar-refractivity contribution in [2.45, 2.75) is 32.9 Å². The zero-order valence-corrected chi connectivity index (χ0v) is 15.3. The average molecular weight is 351 g/mol. The molecule has 0 bridgehead atoms. The van der Waals surface area contributed by atoms with Gasteiger partial charge in [-0.3, -0.25) is 4.79 Å². The molecular weight excluding hydrogens is 330 g/mol. The van der Waals surface area contributed by atoms with Crippen molar-refractivity contribution in [2.75, 3.05) is 12.8 Å². The number of ether oxygens (including phenoxy) is 1. The van der Waals surface area contributed by atoms with Gasteiger partial charge in [-0.1, -0.05) is 23.5 Å². The van der Waals surface area contributed by atoms with Crippen LogP contribution in [0.5, 0.6) is 5.75 Å². The van der Waals surface area contributed by atoms with Crippen molar-refractivity contribution in [2.24, 2.45) is 0 Å². The summed E-state index contributed by atoms with van der Waals surface area (Å²) in [5.41, 5.74) is 6.86. The van der Waals surface area contributed by atoms with E-state index in [1.54, 1.807) is 11.7 Å². The molecule has 5 nitrogen and oxygen atoms in total. The smallest absolute Gasteiger partial charge is 0.265 e. The van der Waals surface area contributed by atoms with Gasteiger partial charge in [-0.15, -0.1) is 0 Å². The molecule has 1 heterocycles. The molecule has 0 spiro atoms. The number of anilines is 1. The molecule has 1 aromatic carbocycles. The molecule has 0 fully saturated rings. The Bertz CT molecular complexity index is 755. The van der Waals surface area contributed by atoms with Crippen LogP contribution in [0.1, 0.15) is 36.0 Å². The van der Waals surface area contributed by atoms with Gasteiger partial charge in [-0.25, -0.2) is 0 Å². The van der Waals surface area contributed by atoms with Crippen LogP contribution in [0.4, 0.5) is 5.82 Å². The van der Waals surface area contributed by atoms with Crippen molar-refractivity contribution in [1.29, 1.82) is 0 Å². The Balaban J connectivity index is 2.26. The van der Waals surface area contributed by atoms with Crippen LogP contribution in [-0.4, -0.2) is 23.1 Å². The lowest BCUT2D eigenvalue weighted by Crippen LogP contribution is -2.40. The second kappa shape index (κ2) is 6.72. The molecule has 1 aromatic heterocycles. The van der Waals surface area contributed by atoms with Crippen LogP contribution in [0.15, 0.2) is 24.3 Å². The lowest BCUT2D eigenvalue weighted by atomic mass is 10.1. The molecule has 7 heteroatoms. The fraction of sp³-hybridized carbons (Fsp3) is 0.375. The lowest BCUT2D eigenvalue weighted by molar-refractivity contribution is 0.0924. The third-order valence-electron chi connectivity index (χ3n) is 3.13. The van der Waals surface area contributed by atoms with Crippen LogP contribution in [0.25, 0.3) is 0 Å². The highest BCUT2D eigenvalue weighted by molar-refractivity contribution is 7.73. The van der Waals surface area contributed by atoms with Crippen molar-refractivity contribution in [3.63, 3.8) is 0 Å². The largest absolute Gasteiger partial charge is 0.497 e. The van der Waals surface area contributed by atoms with Gasteiger partial charge >= 0.3 is 0 Å². The molecule has 2 rings (SSSR count). The summed E-state index contributed by atoms with van der Waals surface area (Å²) < 4.78 is 7.50. The second-order valence-electron chi connectivity index (χ2n) is 6.22. The number of thiazole rings is 1. The van der Waals surface area contributed by atoms with E-state index in [4.69, 9.17) is 22.7 Å². The number of rotatable bonds is 4. The van der Waals surface area contributed by atoms with Crippen molar-refractivity contribution in [3.05, 3.63) is 38.7 Å². The van der Waals surface area contributed by atoms with Crippen LogP contribution in [0.2, 0.25) is 0 Å². The predicted molar refractivity (Wildman–Crippen MR) is 96.9 cm³/mol. The highest BCUT2D eigenvalue weighted by Gasteiger charge is 2.21. The van der Waals surface area contributed by atoms with Gasteiger partial charge < -0.3 is 20.4 Å². The minimum absolute atomic E-state index is 0.195. The van der Waals surface area contributed by atoms with E-state index in [0.717, 1.165) is 11.3 Å². The number of nitrogen functional groups attached to an aromatic ring is 1. The van der Waals surface area contributed by atoms with E-state index in [-0.39, 0.29) is 11.4 Å². The summed E-state index contributed by atoms with van der Waals surface area (Å²) >= 11 is 6.60. The molecule has 2 aromatic rings. The zero-order valence-electron chi connectivity index (χ0n) is 13.7. The Morgan fingerprint density at radius 1 is 1.35 bits per heavy atom. The molecule has 3 N–H and O–H groups in total. The number of aromatic nitrogens is 1. The summed E-state index contributed by atoms with van der Waals surface area (Å²) in [5.74, 6) is 0.998. The summed E-state index contributed by atoms with van der Waals surface area (Å²) in [6, 6.07) is 7.67. The van der Waals surface area contributed by atoms with Gasteiger partial charge in [0, 0.05) is 5.54 Å². The Labute approximate surface area is 145 Å². The molecule has 0 unspecified atom stereocenters. The number of amides is 1. The van der Waals surface area contributed by atoms with Gasteiger partial charge in [0.25, 0.3) is 5.91 Å². The van der Waals surface area contributed by atoms with E-state index in [1.165, 1.54) is 11.3 Å². The van der Waals surface area contributed by atoms with Gasteiger partial charge in [0.2, 0.25) is 0 Å². The van der Waals surface area contributed by atoms with Crippen LogP contribution >= 0.6 is 23.6 Å². The molecule has 1 amide bonds. The Kier molecular flexibility index (Phi) is 5.11. The third-order valence-corrected chi connectivity index (χ3v) is 4.59. The van der Waals surface area contributed by atoms with Gasteiger partial charge in [0.15, 0.2) is 3.95 Å². The first-order valence-corrected chi connectivity index (χ1v) is 8.38. The SMILES string of the molecule is COc1ccc(Cn2c(N)c(C(=O)NC(C)(C)C)sc2=S)cc1. The first kappa shape index (κ1) is 17.5. The molecule has 0 aliphatic rings. The van der Waals surface area contributed by atoms with E-state index >= 15 is 0 Å². The fourth-order valence-electron chi connectivity index (χ4n) is 2.04. The summed E-state index contributed by atoms with van der Waals surface area (Å²) in [6.07, 6.45) is 0. The molecule has 0 aliphatic heterocycles. The predicted octanol–water partition coefficient (Wildman–Crippen LogP) is 3.45. The molecule has 0 atom stereocenters. The standard InChI is InChI=1S/C16H21N3O2S2/c1-16(2,3)18-14(20)12-13(17)19(15(22)23-12)9-10-5-7-11(21-4)8-6-10/h5-8H,9,17H2,1-4H3,(H,18,20). The molecule has 0 aliphatic carbocycles. The van der Waals surface area contributed by atoms with Crippen LogP contribution < -0.4 is 15.8 Å². The van der Waals surface area contributed by atoms with E-state index in [9.17, 15) is 4.79 Å². The maximum Gasteiger partial charge on any atom is 0.265 e. The molecule has 0 saturated heterocycles. The summed E-state index contributed by atoms with van der Waals surface area (Å²) in [6.45, 7) is 6.30. The highest BCUT2D eigenvalue weighted by atomic mass is 32.1. The van der Waals surface area contributed by atoms with Gasteiger partial charge in [-0.2, -0.15) is 0 Å². The number of hydrogen-bond acceptors (Lipinski definition) is 5. The third kappa shape index (κ3) is 4.33. The first-order valence-electron chi connectivity index (χ1n) is 7.16. The number of nitrogens with zero attached hydrogens (tertiary/aromatic N) is 1. The minimum atomic E-state index is -0.323. The minimum Gasteiger partial charge on any atom is -0.497 e. The molecule has 23 heavy (non-hydrogen) atoms. The van der Waals surface area contributed by atoms with Crippen LogP contribution in [-0.2, 0) is 6.54 Å². The van der Waals surface area contributed by atoms with E-state index in [0.29, 0.717) is 21.2 Å². The van der Waals surface area contributed by atoms with Crippen molar-refractivity contribution < 1.29 is 9.53 Å². The second-order valence-corrected chi connectivity index (χ2v) is 7.86. The number of benzene rings is 1. The Hall–Kier alpha value is -1.86. The number of hydrogen-bond donors (Lipinski definition) is 2. The molecule has 0 saturated carbocycles. The van der Waals surface area contributed by atoms with Gasteiger partial charge in [0.05, 0.1) is 13.7 Å². The lowest BCUT2D eigenvalue weighted by Gasteiger charge is -2.20. The van der Waals surface area contributed by atoms with Crippen molar-refractivity contribution >= 4 is 35.3 Å². The fourth-order valence-corrected chi connectivity index (χ4v) is 3.26. The van der Waals surface area contributed by atoms with Crippen LogP contribution in [0, 0.1) is 3.95 Å². The van der Waals surface area contributed by atoms with Crippen molar-refractivity contribution in [1.82, 2.24) is 9.88 Å². The zero-order chi connectivity index (χ0) is 17.2. The van der Waals surface area contributed by atoms with Crippen molar-refractivity contribution in [3.8, 4) is 5.75 Å². The molecule has 124 valence electrons. The topological polar surface area (TPSA) is 69.3 Å². The highest BCUT2D eigenvalue weighted by Crippen LogP contribution is 2.24. The summed E-state index contributed by atoms with van der Waals surface area (Å²) in [4.78, 5) is 12.8.